The molecule has 0 radical (unpaired) electrons. The first kappa shape index (κ1) is 27.0. The summed E-state index contributed by atoms with van der Waals surface area (Å²) in [6.45, 7) is 4.34. The predicted octanol–water partition coefficient (Wildman–Crippen LogP) is 5.49. The van der Waals surface area contributed by atoms with Crippen LogP contribution in [0.3, 0.4) is 0 Å². The minimum Gasteiger partial charge on any atom is -0.383 e. The molecule has 10 heteroatoms. The van der Waals surface area contributed by atoms with E-state index in [1.807, 2.05) is 59.6 Å². The number of nitrogens with two attached hydrogens (primary N) is 1. The molecular weight excluding hydrogens is 562 g/mol. The summed E-state index contributed by atoms with van der Waals surface area (Å²) in [6, 6.07) is 24.7. The Balaban J connectivity index is 1.17. The molecule has 10 nitrogen and oxygen atoms in total. The number of carbonyl (C=O) groups is 1. The third kappa shape index (κ3) is 4.58. The van der Waals surface area contributed by atoms with Gasteiger partial charge in [0, 0.05) is 48.6 Å². The number of para-hydroxylation sites is 1. The molecule has 6 aromatic rings. The van der Waals surface area contributed by atoms with E-state index in [0.29, 0.717) is 29.7 Å². The Morgan fingerprint density at radius 2 is 1.84 bits per heavy atom. The fourth-order valence-corrected chi connectivity index (χ4v) is 6.74. The van der Waals surface area contributed by atoms with Crippen LogP contribution in [0, 0.1) is 0 Å². The van der Waals surface area contributed by atoms with Crippen molar-refractivity contribution in [2.75, 3.05) is 17.2 Å². The molecule has 0 bridgehead atoms. The number of hydrogen-bond acceptors (Lipinski definition) is 7. The first-order valence-electron chi connectivity index (χ1n) is 15.1. The summed E-state index contributed by atoms with van der Waals surface area (Å²) in [7, 11) is 0. The third-order valence-corrected chi connectivity index (χ3v) is 8.86. The van der Waals surface area contributed by atoms with Gasteiger partial charge in [0.05, 0.1) is 5.56 Å². The molecule has 2 unspecified atom stereocenters. The highest BCUT2D eigenvalue weighted by Gasteiger charge is 2.32. The van der Waals surface area contributed by atoms with E-state index >= 15 is 0 Å². The van der Waals surface area contributed by atoms with Crippen LogP contribution in [-0.2, 0) is 11.2 Å². The molecule has 45 heavy (non-hydrogen) atoms. The quantitative estimate of drug-likeness (QED) is 0.245. The second kappa shape index (κ2) is 10.8. The van der Waals surface area contributed by atoms with E-state index in [2.05, 4.69) is 50.8 Å². The summed E-state index contributed by atoms with van der Waals surface area (Å²) >= 11 is 0. The van der Waals surface area contributed by atoms with Crippen LogP contribution in [0.5, 0.6) is 0 Å². The van der Waals surface area contributed by atoms with E-state index in [0.717, 1.165) is 47.3 Å². The monoisotopic (exact) mass is 593 g/mol. The maximum absolute atomic E-state index is 12.5. The van der Waals surface area contributed by atoms with Gasteiger partial charge in [-0.05, 0) is 90.6 Å². The molecule has 1 amide bonds. The minimum absolute atomic E-state index is 0.0645. The van der Waals surface area contributed by atoms with Crippen LogP contribution < -0.4 is 16.0 Å². The summed E-state index contributed by atoms with van der Waals surface area (Å²) in [5.74, 6) is 1.73. The Morgan fingerprint density at radius 1 is 0.956 bits per heavy atom. The molecule has 2 aromatic carbocycles. The molecule has 0 spiro atoms. The van der Waals surface area contributed by atoms with Gasteiger partial charge in [0.25, 0.3) is 0 Å². The average Bonchev–Trinajstić information content (AvgIpc) is 3.84. The number of nitrogens with one attached hydrogen (secondary N) is 1. The summed E-state index contributed by atoms with van der Waals surface area (Å²) < 4.78 is 3.81. The number of hydrogen-bond donors (Lipinski definition) is 2. The highest BCUT2D eigenvalue weighted by molar-refractivity contribution is 6.02. The van der Waals surface area contributed by atoms with Crippen LogP contribution in [0.15, 0.2) is 104 Å². The topological polar surface area (TPSA) is 120 Å². The number of aromatic nitrogens is 6. The molecule has 2 atom stereocenters. The van der Waals surface area contributed by atoms with Crippen molar-refractivity contribution in [1.82, 2.24) is 34.6 Å². The minimum atomic E-state index is -0.0645. The van der Waals surface area contributed by atoms with E-state index in [-0.39, 0.29) is 18.0 Å². The van der Waals surface area contributed by atoms with Crippen molar-refractivity contribution in [3.05, 3.63) is 121 Å². The van der Waals surface area contributed by atoms with E-state index in [1.54, 1.807) is 17.1 Å². The number of fused-ring (bicyclic) bond motifs is 3. The number of imidazole rings is 1. The van der Waals surface area contributed by atoms with Crippen LogP contribution in [0.4, 0.5) is 11.5 Å². The zero-order valence-electron chi connectivity index (χ0n) is 24.5. The van der Waals surface area contributed by atoms with Gasteiger partial charge in [-0.3, -0.25) is 9.36 Å². The lowest BCUT2D eigenvalue weighted by molar-refractivity contribution is -0.114. The lowest BCUT2D eigenvalue weighted by Gasteiger charge is -2.35. The van der Waals surface area contributed by atoms with Crippen LogP contribution >= 0.6 is 0 Å². The standard InChI is InChI=1S/C35H31N9O/c1-2-32(45)42-20-16-28(25-7-3-4-9-30(25)42)39-27-13-10-22-21-23(11-12-24(22)27)44-34(26-8-5-17-37-33(26)36)40-29-14-15-31(41-35(29)44)43-19-6-18-38-43/h2-9,11-12,14-15,17-19,21,27-28,39H,1,10,13,16,20H2,(H2,36,37). The maximum Gasteiger partial charge on any atom is 0.250 e. The van der Waals surface area contributed by atoms with Gasteiger partial charge in [-0.25, -0.2) is 19.6 Å². The number of amides is 1. The summed E-state index contributed by atoms with van der Waals surface area (Å²) in [5.41, 5.74) is 14.2. The number of pyridine rings is 2. The number of anilines is 2. The first-order valence-corrected chi connectivity index (χ1v) is 15.1. The van der Waals surface area contributed by atoms with Crippen molar-refractivity contribution >= 4 is 28.6 Å². The second-order valence-electron chi connectivity index (χ2n) is 11.4. The summed E-state index contributed by atoms with van der Waals surface area (Å²) in [5, 5.41) is 8.30. The number of aryl methyl sites for hydroxylation is 1. The van der Waals surface area contributed by atoms with Gasteiger partial charge in [-0.2, -0.15) is 5.10 Å². The van der Waals surface area contributed by atoms with Gasteiger partial charge < -0.3 is 16.0 Å². The zero-order chi connectivity index (χ0) is 30.5. The zero-order valence-corrected chi connectivity index (χ0v) is 24.5. The highest BCUT2D eigenvalue weighted by Crippen LogP contribution is 2.40. The van der Waals surface area contributed by atoms with E-state index < -0.39 is 0 Å². The van der Waals surface area contributed by atoms with Gasteiger partial charge in [0.15, 0.2) is 17.3 Å². The number of carbonyl (C=O) groups excluding carboxylic acids is 1. The number of rotatable bonds is 6. The summed E-state index contributed by atoms with van der Waals surface area (Å²) in [6.07, 6.45) is 9.45. The molecule has 5 heterocycles. The van der Waals surface area contributed by atoms with Gasteiger partial charge in [-0.1, -0.05) is 30.8 Å². The predicted molar refractivity (Wildman–Crippen MR) is 174 cm³/mol. The van der Waals surface area contributed by atoms with E-state index in [9.17, 15) is 4.79 Å². The lowest BCUT2D eigenvalue weighted by atomic mass is 9.94. The Kier molecular flexibility index (Phi) is 6.49. The van der Waals surface area contributed by atoms with Gasteiger partial charge in [0.1, 0.15) is 11.3 Å². The highest BCUT2D eigenvalue weighted by atomic mass is 16.2. The van der Waals surface area contributed by atoms with Crippen molar-refractivity contribution in [3.63, 3.8) is 0 Å². The molecule has 3 N–H and O–H groups in total. The van der Waals surface area contributed by atoms with Crippen LogP contribution in [0.1, 0.15) is 41.6 Å². The van der Waals surface area contributed by atoms with Crippen LogP contribution in [-0.4, -0.2) is 41.8 Å². The second-order valence-corrected chi connectivity index (χ2v) is 11.4. The number of benzene rings is 2. The normalized spacial score (nSPS) is 17.3. The largest absolute Gasteiger partial charge is 0.383 e. The molecule has 2 aliphatic rings. The van der Waals surface area contributed by atoms with Crippen molar-refractivity contribution in [2.24, 2.45) is 0 Å². The SMILES string of the molecule is C=CC(=O)N1CCC(NC2CCc3cc(-n4c(-c5cccnc5N)nc5ccc(-n6cccn6)nc54)ccc32)c2ccccc21. The molecule has 1 aliphatic heterocycles. The van der Waals surface area contributed by atoms with Crippen LogP contribution in [0.2, 0.25) is 0 Å². The van der Waals surface area contributed by atoms with Crippen molar-refractivity contribution < 1.29 is 4.79 Å². The maximum atomic E-state index is 12.5. The molecule has 1 aliphatic carbocycles. The third-order valence-electron chi connectivity index (χ3n) is 8.86. The van der Waals surface area contributed by atoms with E-state index in [4.69, 9.17) is 15.7 Å². The fraction of sp³-hybridized carbons (Fsp3) is 0.171. The Morgan fingerprint density at radius 3 is 2.69 bits per heavy atom. The Hall–Kier alpha value is -5.61. The molecule has 0 saturated carbocycles. The summed E-state index contributed by atoms with van der Waals surface area (Å²) in [4.78, 5) is 28.7. The molecule has 222 valence electrons. The van der Waals surface area contributed by atoms with Crippen molar-refractivity contribution in [2.45, 2.75) is 31.3 Å². The fourth-order valence-electron chi connectivity index (χ4n) is 6.74. The Labute approximate surface area is 259 Å². The van der Waals surface area contributed by atoms with Crippen molar-refractivity contribution in [1.29, 1.82) is 0 Å². The van der Waals surface area contributed by atoms with E-state index in [1.165, 1.54) is 17.2 Å². The molecular formula is C35H31N9O. The number of nitrogens with zero attached hydrogens (tertiary/aromatic N) is 7. The van der Waals surface area contributed by atoms with Crippen LogP contribution in [0.25, 0.3) is 34.1 Å². The number of nitrogen functional groups attached to an aromatic ring is 1. The van der Waals surface area contributed by atoms with Gasteiger partial charge >= 0.3 is 0 Å². The van der Waals surface area contributed by atoms with Crippen molar-refractivity contribution in [3.8, 4) is 22.9 Å². The van der Waals surface area contributed by atoms with Gasteiger partial charge in [0.2, 0.25) is 5.91 Å². The molecule has 8 rings (SSSR count). The first-order chi connectivity index (χ1) is 22.1. The molecule has 0 saturated heterocycles. The lowest BCUT2D eigenvalue weighted by Crippen LogP contribution is -2.39. The molecule has 0 fully saturated rings. The van der Waals surface area contributed by atoms with Gasteiger partial charge in [-0.15, -0.1) is 0 Å². The Bertz CT molecular complexity index is 2080. The molecule has 4 aromatic heterocycles. The average molecular weight is 594 g/mol. The smallest absolute Gasteiger partial charge is 0.250 e.